The van der Waals surface area contributed by atoms with Crippen LogP contribution in [0.4, 0.5) is 0 Å². The van der Waals surface area contributed by atoms with Crippen LogP contribution in [0, 0.1) is 0 Å². The third-order valence-corrected chi connectivity index (χ3v) is 1.92. The summed E-state index contributed by atoms with van der Waals surface area (Å²) in [6.07, 6.45) is 2.32. The van der Waals surface area contributed by atoms with E-state index in [1.165, 1.54) is 11.1 Å². The number of ether oxygens (including phenoxy) is 1. The molecule has 1 rings (SSSR count). The summed E-state index contributed by atoms with van der Waals surface area (Å²) in [6.45, 7) is 6.92. The standard InChI is InChI=1S/C13H18O/c1-11(2)9-12(3)14-10-13-7-5-4-6-8-13/h4-9,12H,10H2,1-3H3/t12-/m0/s1. The lowest BCUT2D eigenvalue weighted by Crippen LogP contribution is -2.04. The maximum Gasteiger partial charge on any atom is 0.0734 e. The highest BCUT2D eigenvalue weighted by atomic mass is 16.5. The lowest BCUT2D eigenvalue weighted by molar-refractivity contribution is 0.0836. The number of rotatable bonds is 4. The first-order valence-corrected chi connectivity index (χ1v) is 4.99. The Labute approximate surface area is 86.4 Å². The topological polar surface area (TPSA) is 9.23 Å². The summed E-state index contributed by atoms with van der Waals surface area (Å²) in [4.78, 5) is 0. The van der Waals surface area contributed by atoms with Crippen LogP contribution in [-0.4, -0.2) is 6.10 Å². The van der Waals surface area contributed by atoms with E-state index in [2.05, 4.69) is 39.0 Å². The van der Waals surface area contributed by atoms with Gasteiger partial charge in [-0.05, 0) is 26.3 Å². The van der Waals surface area contributed by atoms with Crippen LogP contribution in [0.2, 0.25) is 0 Å². The molecule has 1 aromatic rings. The van der Waals surface area contributed by atoms with Crippen LogP contribution < -0.4 is 0 Å². The Kier molecular flexibility index (Phi) is 4.41. The van der Waals surface area contributed by atoms with Crippen molar-refractivity contribution in [3.05, 3.63) is 47.5 Å². The molecule has 1 nitrogen and oxygen atoms in total. The molecule has 0 bridgehead atoms. The van der Waals surface area contributed by atoms with E-state index in [0.29, 0.717) is 6.61 Å². The summed E-state index contributed by atoms with van der Waals surface area (Å²) >= 11 is 0. The van der Waals surface area contributed by atoms with Crippen molar-refractivity contribution in [3.63, 3.8) is 0 Å². The van der Waals surface area contributed by atoms with Gasteiger partial charge in [0.05, 0.1) is 12.7 Å². The first-order chi connectivity index (χ1) is 6.68. The van der Waals surface area contributed by atoms with E-state index < -0.39 is 0 Å². The van der Waals surface area contributed by atoms with Crippen LogP contribution in [-0.2, 0) is 11.3 Å². The molecule has 0 N–H and O–H groups in total. The minimum absolute atomic E-state index is 0.195. The Balaban J connectivity index is 2.38. The van der Waals surface area contributed by atoms with Crippen LogP contribution in [0.1, 0.15) is 26.3 Å². The highest BCUT2D eigenvalue weighted by molar-refractivity contribution is 5.13. The van der Waals surface area contributed by atoms with Crippen LogP contribution in [0.25, 0.3) is 0 Å². The molecule has 0 aliphatic heterocycles. The Bertz CT molecular complexity index is 283. The summed E-state index contributed by atoms with van der Waals surface area (Å²) < 4.78 is 5.66. The molecule has 0 radical (unpaired) electrons. The first-order valence-electron chi connectivity index (χ1n) is 4.99. The van der Waals surface area contributed by atoms with Crippen LogP contribution in [0.15, 0.2) is 42.0 Å². The number of hydrogen-bond donors (Lipinski definition) is 0. The normalized spacial score (nSPS) is 12.2. The van der Waals surface area contributed by atoms with Gasteiger partial charge in [0, 0.05) is 0 Å². The van der Waals surface area contributed by atoms with Gasteiger partial charge in [-0.15, -0.1) is 0 Å². The van der Waals surface area contributed by atoms with Gasteiger partial charge < -0.3 is 4.74 Å². The van der Waals surface area contributed by atoms with Crippen molar-refractivity contribution in [2.45, 2.75) is 33.5 Å². The molecular weight excluding hydrogens is 172 g/mol. The van der Waals surface area contributed by atoms with E-state index in [0.717, 1.165) is 0 Å². The second kappa shape index (κ2) is 5.61. The fourth-order valence-electron chi connectivity index (χ4n) is 1.32. The van der Waals surface area contributed by atoms with E-state index in [1.807, 2.05) is 18.2 Å². The highest BCUT2D eigenvalue weighted by Gasteiger charge is 1.97. The summed E-state index contributed by atoms with van der Waals surface area (Å²) in [7, 11) is 0. The van der Waals surface area contributed by atoms with Gasteiger partial charge in [-0.1, -0.05) is 42.0 Å². The Morgan fingerprint density at radius 2 is 1.93 bits per heavy atom. The molecule has 0 unspecified atom stereocenters. The predicted octanol–water partition coefficient (Wildman–Crippen LogP) is 3.56. The molecule has 0 aliphatic carbocycles. The van der Waals surface area contributed by atoms with Crippen molar-refractivity contribution in [1.29, 1.82) is 0 Å². The molecule has 0 saturated carbocycles. The van der Waals surface area contributed by atoms with Crippen LogP contribution >= 0.6 is 0 Å². The molecule has 0 amide bonds. The smallest absolute Gasteiger partial charge is 0.0734 e. The molecule has 0 saturated heterocycles. The van der Waals surface area contributed by atoms with Crippen molar-refractivity contribution in [1.82, 2.24) is 0 Å². The van der Waals surface area contributed by atoms with Gasteiger partial charge in [0.15, 0.2) is 0 Å². The highest BCUT2D eigenvalue weighted by Crippen LogP contribution is 2.05. The molecule has 14 heavy (non-hydrogen) atoms. The van der Waals surface area contributed by atoms with E-state index in [-0.39, 0.29) is 6.10 Å². The summed E-state index contributed by atoms with van der Waals surface area (Å²) in [5.41, 5.74) is 2.52. The van der Waals surface area contributed by atoms with E-state index in [4.69, 9.17) is 4.74 Å². The Morgan fingerprint density at radius 1 is 1.29 bits per heavy atom. The number of benzene rings is 1. The fraction of sp³-hybridized carbons (Fsp3) is 0.385. The average Bonchev–Trinajstić information content (AvgIpc) is 2.15. The minimum atomic E-state index is 0.195. The molecular formula is C13H18O. The molecule has 1 aromatic carbocycles. The van der Waals surface area contributed by atoms with Crippen molar-refractivity contribution < 1.29 is 4.74 Å². The van der Waals surface area contributed by atoms with Gasteiger partial charge in [-0.3, -0.25) is 0 Å². The summed E-state index contributed by atoms with van der Waals surface area (Å²) in [6, 6.07) is 10.2. The number of hydrogen-bond acceptors (Lipinski definition) is 1. The predicted molar refractivity (Wildman–Crippen MR) is 60.1 cm³/mol. The van der Waals surface area contributed by atoms with Gasteiger partial charge in [-0.2, -0.15) is 0 Å². The molecule has 0 aliphatic rings. The molecule has 0 aromatic heterocycles. The first kappa shape index (κ1) is 11.0. The zero-order valence-corrected chi connectivity index (χ0v) is 9.16. The van der Waals surface area contributed by atoms with Gasteiger partial charge in [0.1, 0.15) is 0 Å². The van der Waals surface area contributed by atoms with Crippen molar-refractivity contribution in [3.8, 4) is 0 Å². The third kappa shape index (κ3) is 4.24. The Hall–Kier alpha value is -1.08. The molecule has 76 valence electrons. The van der Waals surface area contributed by atoms with Crippen molar-refractivity contribution in [2.24, 2.45) is 0 Å². The zero-order chi connectivity index (χ0) is 10.4. The Morgan fingerprint density at radius 3 is 2.50 bits per heavy atom. The molecule has 1 atom stereocenters. The van der Waals surface area contributed by atoms with Gasteiger partial charge >= 0.3 is 0 Å². The fourth-order valence-corrected chi connectivity index (χ4v) is 1.32. The summed E-state index contributed by atoms with van der Waals surface area (Å²) in [5.74, 6) is 0. The van der Waals surface area contributed by atoms with Gasteiger partial charge in [-0.25, -0.2) is 0 Å². The summed E-state index contributed by atoms with van der Waals surface area (Å²) in [5, 5.41) is 0. The van der Waals surface area contributed by atoms with Crippen LogP contribution in [0.3, 0.4) is 0 Å². The SMILES string of the molecule is CC(C)=C[C@H](C)OCc1ccccc1. The largest absolute Gasteiger partial charge is 0.370 e. The molecule has 0 fully saturated rings. The van der Waals surface area contributed by atoms with Crippen LogP contribution in [0.5, 0.6) is 0 Å². The lowest BCUT2D eigenvalue weighted by Gasteiger charge is -2.09. The van der Waals surface area contributed by atoms with Gasteiger partial charge in [0.25, 0.3) is 0 Å². The van der Waals surface area contributed by atoms with E-state index >= 15 is 0 Å². The quantitative estimate of drug-likeness (QED) is 0.660. The minimum Gasteiger partial charge on any atom is -0.370 e. The zero-order valence-electron chi connectivity index (χ0n) is 9.16. The average molecular weight is 190 g/mol. The maximum absolute atomic E-state index is 5.66. The molecule has 0 heterocycles. The third-order valence-electron chi connectivity index (χ3n) is 1.92. The molecule has 0 spiro atoms. The van der Waals surface area contributed by atoms with Crippen molar-refractivity contribution in [2.75, 3.05) is 0 Å². The maximum atomic E-state index is 5.66. The lowest BCUT2D eigenvalue weighted by atomic mass is 10.2. The number of allylic oxidation sites excluding steroid dienone is 1. The second-order valence-corrected chi connectivity index (χ2v) is 3.75. The van der Waals surface area contributed by atoms with E-state index in [1.54, 1.807) is 0 Å². The van der Waals surface area contributed by atoms with E-state index in [9.17, 15) is 0 Å². The second-order valence-electron chi connectivity index (χ2n) is 3.75. The monoisotopic (exact) mass is 190 g/mol. The van der Waals surface area contributed by atoms with Gasteiger partial charge in [0.2, 0.25) is 0 Å². The van der Waals surface area contributed by atoms with Crippen molar-refractivity contribution >= 4 is 0 Å². The molecule has 1 heteroatoms.